The van der Waals surface area contributed by atoms with Crippen LogP contribution in [-0.2, 0) is 24.2 Å². The van der Waals surface area contributed by atoms with E-state index in [9.17, 15) is 9.59 Å². The average molecular weight is 330 g/mol. The maximum atomic E-state index is 12.5. The first kappa shape index (κ1) is 16.4. The molecule has 2 aromatic rings. The van der Waals surface area contributed by atoms with E-state index in [0.717, 1.165) is 30.9 Å². The molecule has 1 atom stereocenters. The fourth-order valence-electron chi connectivity index (χ4n) is 3.00. The molecule has 24 heavy (non-hydrogen) atoms. The lowest BCUT2D eigenvalue weighted by Gasteiger charge is -2.24. The van der Waals surface area contributed by atoms with Gasteiger partial charge < -0.3 is 19.2 Å². The molecule has 1 aliphatic heterocycles. The summed E-state index contributed by atoms with van der Waals surface area (Å²) in [4.78, 5) is 28.8. The molecular formula is C17H22N4O3. The normalized spacial score (nSPS) is 16.7. The quantitative estimate of drug-likeness (QED) is 0.877. The van der Waals surface area contributed by atoms with Crippen LogP contribution in [0, 0.1) is 6.92 Å². The molecule has 1 N–H and O–H groups in total. The fourth-order valence-corrected chi connectivity index (χ4v) is 3.00. The molecule has 0 aromatic carbocycles. The number of rotatable bonds is 5. The van der Waals surface area contributed by atoms with Gasteiger partial charge in [-0.1, -0.05) is 0 Å². The lowest BCUT2D eigenvalue weighted by atomic mass is 10.1. The number of carbonyl (C=O) groups is 1. The maximum Gasteiger partial charge on any atom is 0.253 e. The van der Waals surface area contributed by atoms with Crippen molar-refractivity contribution in [1.82, 2.24) is 19.4 Å². The smallest absolute Gasteiger partial charge is 0.253 e. The molecule has 2 aromatic heterocycles. The first-order valence-electron chi connectivity index (χ1n) is 8.10. The highest BCUT2D eigenvalue weighted by Gasteiger charge is 2.21. The Morgan fingerprint density at radius 2 is 2.25 bits per heavy atom. The number of carbonyl (C=O) groups excluding carboxylic acids is 1. The molecule has 3 heterocycles. The number of hydrogen-bond donors (Lipinski definition) is 1. The number of methoxy groups -OCH3 is 1. The predicted octanol–water partition coefficient (Wildman–Crippen LogP) is 0.744. The van der Waals surface area contributed by atoms with Crippen LogP contribution < -0.4 is 10.9 Å². The molecule has 0 saturated carbocycles. The number of fused-ring (bicyclic) bond motifs is 1. The van der Waals surface area contributed by atoms with E-state index in [0.29, 0.717) is 18.7 Å². The molecule has 7 nitrogen and oxygen atoms in total. The van der Waals surface area contributed by atoms with Crippen LogP contribution in [0.2, 0.25) is 0 Å². The van der Waals surface area contributed by atoms with Gasteiger partial charge in [-0.15, -0.1) is 0 Å². The number of nitrogens with zero attached hydrogens (tertiary/aromatic N) is 3. The Morgan fingerprint density at radius 3 is 3.04 bits per heavy atom. The number of aromatic nitrogens is 3. The van der Waals surface area contributed by atoms with Crippen LogP contribution >= 0.6 is 0 Å². The number of amides is 1. The average Bonchev–Trinajstić information content (AvgIpc) is 2.93. The van der Waals surface area contributed by atoms with Gasteiger partial charge in [0.1, 0.15) is 5.82 Å². The fraction of sp³-hybridized carbons (Fsp3) is 0.471. The minimum absolute atomic E-state index is 0.0675. The molecule has 0 bridgehead atoms. The third-order valence-corrected chi connectivity index (χ3v) is 4.23. The van der Waals surface area contributed by atoms with E-state index in [1.165, 1.54) is 10.6 Å². The Morgan fingerprint density at radius 1 is 1.42 bits per heavy atom. The van der Waals surface area contributed by atoms with Crippen LogP contribution in [0.3, 0.4) is 0 Å². The largest absolute Gasteiger partial charge is 0.383 e. The molecule has 1 amide bonds. The molecule has 7 heteroatoms. The van der Waals surface area contributed by atoms with Crippen molar-refractivity contribution in [3.8, 4) is 0 Å². The lowest BCUT2D eigenvalue weighted by Crippen LogP contribution is -2.41. The Bertz CT molecular complexity index is 793. The van der Waals surface area contributed by atoms with Gasteiger partial charge in [-0.05, 0) is 19.4 Å². The van der Waals surface area contributed by atoms with Gasteiger partial charge in [0.05, 0.1) is 17.9 Å². The molecule has 0 unspecified atom stereocenters. The second-order valence-corrected chi connectivity index (χ2v) is 6.10. The van der Waals surface area contributed by atoms with Crippen LogP contribution in [0.1, 0.15) is 28.3 Å². The summed E-state index contributed by atoms with van der Waals surface area (Å²) in [6.07, 6.45) is 5.32. The van der Waals surface area contributed by atoms with Crippen LogP contribution in [0.25, 0.3) is 0 Å². The standard InChI is InChI=1S/C17H22N4O3/c1-12-9-21-11-14(4-5-15(21)18-12)19-17(23)13-3-6-16(22)20(10-13)7-8-24-2/h3,6,9-10,14H,4-5,7-8,11H2,1-2H3,(H,19,23)/t14-/m0/s1. The van der Waals surface area contributed by atoms with Gasteiger partial charge in [0, 0.05) is 51.1 Å². The van der Waals surface area contributed by atoms with Crippen molar-refractivity contribution in [1.29, 1.82) is 0 Å². The topological polar surface area (TPSA) is 78.2 Å². The van der Waals surface area contributed by atoms with Crippen molar-refractivity contribution in [3.63, 3.8) is 0 Å². The molecule has 3 rings (SSSR count). The van der Waals surface area contributed by atoms with Gasteiger partial charge in [0.25, 0.3) is 11.5 Å². The van der Waals surface area contributed by atoms with Crippen molar-refractivity contribution in [2.75, 3.05) is 13.7 Å². The molecule has 0 spiro atoms. The van der Waals surface area contributed by atoms with E-state index in [1.807, 2.05) is 13.1 Å². The predicted molar refractivity (Wildman–Crippen MR) is 89.1 cm³/mol. The Labute approximate surface area is 140 Å². The van der Waals surface area contributed by atoms with E-state index in [4.69, 9.17) is 4.74 Å². The van der Waals surface area contributed by atoms with Crippen LogP contribution in [0.4, 0.5) is 0 Å². The highest BCUT2D eigenvalue weighted by Crippen LogP contribution is 2.15. The molecule has 0 saturated heterocycles. The number of pyridine rings is 1. The summed E-state index contributed by atoms with van der Waals surface area (Å²) < 4.78 is 8.59. The molecule has 0 fully saturated rings. The summed E-state index contributed by atoms with van der Waals surface area (Å²) >= 11 is 0. The van der Waals surface area contributed by atoms with Crippen molar-refractivity contribution in [3.05, 3.63) is 52.0 Å². The minimum Gasteiger partial charge on any atom is -0.383 e. The molecule has 128 valence electrons. The first-order chi connectivity index (χ1) is 11.6. The van der Waals surface area contributed by atoms with Gasteiger partial charge in [0.15, 0.2) is 0 Å². The molecular weight excluding hydrogens is 308 g/mol. The molecule has 0 radical (unpaired) electrons. The number of imidazole rings is 1. The van der Waals surface area contributed by atoms with E-state index in [1.54, 1.807) is 19.4 Å². The summed E-state index contributed by atoms with van der Waals surface area (Å²) in [5.41, 5.74) is 1.35. The van der Waals surface area contributed by atoms with E-state index >= 15 is 0 Å². The highest BCUT2D eigenvalue weighted by molar-refractivity contribution is 5.94. The minimum atomic E-state index is -0.161. The van der Waals surface area contributed by atoms with Crippen molar-refractivity contribution in [2.45, 2.75) is 38.9 Å². The SMILES string of the molecule is COCCn1cc(C(=O)N[C@H]2CCc3nc(C)cn3C2)ccc1=O. The third-order valence-electron chi connectivity index (χ3n) is 4.23. The summed E-state index contributed by atoms with van der Waals surface area (Å²) in [6.45, 7) is 3.56. The van der Waals surface area contributed by atoms with Gasteiger partial charge >= 0.3 is 0 Å². The summed E-state index contributed by atoms with van der Waals surface area (Å²) in [7, 11) is 1.58. The maximum absolute atomic E-state index is 12.5. The summed E-state index contributed by atoms with van der Waals surface area (Å²) in [5, 5.41) is 3.05. The van der Waals surface area contributed by atoms with E-state index < -0.39 is 0 Å². The van der Waals surface area contributed by atoms with Crippen molar-refractivity contribution >= 4 is 5.91 Å². The highest BCUT2D eigenvalue weighted by atomic mass is 16.5. The number of hydrogen-bond acceptors (Lipinski definition) is 4. The molecule has 0 aliphatic carbocycles. The Hall–Kier alpha value is -2.41. The lowest BCUT2D eigenvalue weighted by molar-refractivity contribution is 0.0926. The first-order valence-corrected chi connectivity index (χ1v) is 8.10. The van der Waals surface area contributed by atoms with Crippen LogP contribution in [0.5, 0.6) is 0 Å². The van der Waals surface area contributed by atoms with Crippen molar-refractivity contribution < 1.29 is 9.53 Å². The zero-order valence-corrected chi connectivity index (χ0v) is 14.0. The van der Waals surface area contributed by atoms with Gasteiger partial charge in [-0.25, -0.2) is 4.98 Å². The Balaban J connectivity index is 1.68. The van der Waals surface area contributed by atoms with E-state index in [2.05, 4.69) is 14.9 Å². The van der Waals surface area contributed by atoms with E-state index in [-0.39, 0.29) is 17.5 Å². The van der Waals surface area contributed by atoms with Gasteiger partial charge in [-0.3, -0.25) is 9.59 Å². The molecule has 1 aliphatic rings. The zero-order valence-electron chi connectivity index (χ0n) is 14.0. The summed E-state index contributed by atoms with van der Waals surface area (Å²) in [5.74, 6) is 0.914. The van der Waals surface area contributed by atoms with Gasteiger partial charge in [-0.2, -0.15) is 0 Å². The van der Waals surface area contributed by atoms with Gasteiger partial charge in [0.2, 0.25) is 0 Å². The zero-order chi connectivity index (χ0) is 17.1. The van der Waals surface area contributed by atoms with Crippen molar-refractivity contribution in [2.24, 2.45) is 0 Å². The van der Waals surface area contributed by atoms with Crippen LogP contribution in [0.15, 0.2) is 29.3 Å². The second kappa shape index (κ2) is 7.00. The summed E-state index contributed by atoms with van der Waals surface area (Å²) in [6, 6.07) is 3.05. The number of aryl methyl sites for hydroxylation is 2. The third kappa shape index (κ3) is 3.56. The number of nitrogens with one attached hydrogen (secondary N) is 1. The monoisotopic (exact) mass is 330 g/mol. The van der Waals surface area contributed by atoms with Crippen LogP contribution in [-0.4, -0.2) is 39.8 Å². The number of ether oxygens (including phenoxy) is 1. The second-order valence-electron chi connectivity index (χ2n) is 6.10. The Kier molecular flexibility index (Phi) is 4.80.